The molecule has 4 nitrogen and oxygen atoms in total. The quantitative estimate of drug-likeness (QED) is 0.344. The predicted octanol–water partition coefficient (Wildman–Crippen LogP) is 6.67. The van der Waals surface area contributed by atoms with Crippen LogP contribution in [0.1, 0.15) is 23.7 Å². The number of aryl methyl sites for hydroxylation is 2. The molecule has 0 bridgehead atoms. The van der Waals surface area contributed by atoms with Crippen LogP contribution in [0.5, 0.6) is 5.75 Å². The number of halogens is 2. The first kappa shape index (κ1) is 20.0. The highest BCUT2D eigenvalue weighted by atomic mass is 35.5. The van der Waals surface area contributed by atoms with Crippen LogP contribution in [0.2, 0.25) is 10.0 Å². The Labute approximate surface area is 181 Å². The summed E-state index contributed by atoms with van der Waals surface area (Å²) in [6.45, 7) is 4.12. The minimum absolute atomic E-state index is 0.101. The third-order valence-electron chi connectivity index (χ3n) is 4.62. The van der Waals surface area contributed by atoms with Gasteiger partial charge in [0.25, 0.3) is 0 Å². The molecule has 29 heavy (non-hydrogen) atoms. The van der Waals surface area contributed by atoms with Crippen LogP contribution in [-0.4, -0.2) is 4.98 Å². The van der Waals surface area contributed by atoms with E-state index in [9.17, 15) is 4.79 Å². The van der Waals surface area contributed by atoms with Crippen molar-refractivity contribution in [2.75, 3.05) is 0 Å². The van der Waals surface area contributed by atoms with Gasteiger partial charge in [0, 0.05) is 32.7 Å². The first-order chi connectivity index (χ1) is 14.0. The summed E-state index contributed by atoms with van der Waals surface area (Å²) in [5.74, 6) is 0.636. The molecule has 2 heterocycles. The van der Waals surface area contributed by atoms with E-state index in [1.54, 1.807) is 24.3 Å². The van der Waals surface area contributed by atoms with E-state index in [1.165, 1.54) is 17.6 Å². The summed E-state index contributed by atoms with van der Waals surface area (Å²) in [5.41, 5.74) is 3.32. The van der Waals surface area contributed by atoms with Crippen molar-refractivity contribution >= 4 is 45.5 Å². The Balaban J connectivity index is 1.73. The second-order valence-electron chi connectivity index (χ2n) is 6.57. The summed E-state index contributed by atoms with van der Waals surface area (Å²) in [5, 5.41) is 4.17. The number of fused-ring (bicyclic) bond motifs is 1. The van der Waals surface area contributed by atoms with E-state index >= 15 is 0 Å². The first-order valence-electron chi connectivity index (χ1n) is 9.04. The van der Waals surface area contributed by atoms with Gasteiger partial charge >= 0.3 is 0 Å². The van der Waals surface area contributed by atoms with Crippen molar-refractivity contribution in [1.29, 1.82) is 0 Å². The molecule has 2 aromatic heterocycles. The van der Waals surface area contributed by atoms with Crippen molar-refractivity contribution in [2.24, 2.45) is 0 Å². The van der Waals surface area contributed by atoms with E-state index in [2.05, 4.69) is 4.98 Å². The number of aromatic nitrogens is 1. The van der Waals surface area contributed by atoms with Crippen LogP contribution < -0.4 is 10.2 Å². The monoisotopic (exact) mass is 445 g/mol. The van der Waals surface area contributed by atoms with E-state index in [4.69, 9.17) is 32.4 Å². The van der Waals surface area contributed by atoms with Crippen molar-refractivity contribution in [1.82, 2.24) is 4.98 Å². The molecule has 0 aliphatic carbocycles. The molecular weight excluding hydrogens is 429 g/mol. The lowest BCUT2D eigenvalue weighted by atomic mass is 10.1. The van der Waals surface area contributed by atoms with Gasteiger partial charge < -0.3 is 9.15 Å². The van der Waals surface area contributed by atoms with Gasteiger partial charge in [-0.1, -0.05) is 36.2 Å². The van der Waals surface area contributed by atoms with Crippen LogP contribution >= 0.6 is 34.5 Å². The number of rotatable bonds is 5. The standard InChI is InChI=1S/C22H17Cl2NO3S/c1-3-13-7-14-20(28-10-16(21(14)26)22-25-12(2)11-29-22)8-19(13)27-9-15-17(23)5-4-6-18(15)24/h4-8,10-11H,3,9H2,1-2H3. The molecule has 0 N–H and O–H groups in total. The fraction of sp³-hybridized carbons (Fsp3) is 0.182. The van der Waals surface area contributed by atoms with E-state index in [1.807, 2.05) is 25.3 Å². The van der Waals surface area contributed by atoms with E-state index in [0.29, 0.717) is 49.3 Å². The van der Waals surface area contributed by atoms with Crippen LogP contribution in [0, 0.1) is 6.92 Å². The molecule has 0 aliphatic heterocycles. The molecule has 7 heteroatoms. The lowest BCUT2D eigenvalue weighted by molar-refractivity contribution is 0.303. The third-order valence-corrected chi connectivity index (χ3v) is 6.32. The minimum atomic E-state index is -0.101. The molecule has 2 aromatic carbocycles. The molecule has 0 aliphatic rings. The highest BCUT2D eigenvalue weighted by Gasteiger charge is 2.16. The Morgan fingerprint density at radius 1 is 1.21 bits per heavy atom. The third kappa shape index (κ3) is 3.90. The maximum Gasteiger partial charge on any atom is 0.202 e. The van der Waals surface area contributed by atoms with Crippen LogP contribution in [0.4, 0.5) is 0 Å². The Hall–Kier alpha value is -2.34. The van der Waals surface area contributed by atoms with Gasteiger partial charge in [0.15, 0.2) is 0 Å². The minimum Gasteiger partial charge on any atom is -0.488 e. The summed E-state index contributed by atoms with van der Waals surface area (Å²) in [4.78, 5) is 17.4. The molecule has 0 spiro atoms. The Morgan fingerprint density at radius 3 is 2.62 bits per heavy atom. The fourth-order valence-electron chi connectivity index (χ4n) is 3.06. The van der Waals surface area contributed by atoms with E-state index in [0.717, 1.165) is 11.3 Å². The SMILES string of the molecule is CCc1cc2c(=O)c(-c3nc(C)cs3)coc2cc1OCc1c(Cl)cccc1Cl. The zero-order valence-electron chi connectivity index (χ0n) is 15.8. The van der Waals surface area contributed by atoms with Crippen molar-refractivity contribution in [3.63, 3.8) is 0 Å². The zero-order valence-corrected chi connectivity index (χ0v) is 18.1. The molecule has 148 valence electrons. The maximum absolute atomic E-state index is 13.0. The van der Waals surface area contributed by atoms with Gasteiger partial charge in [-0.15, -0.1) is 11.3 Å². The van der Waals surface area contributed by atoms with Crippen LogP contribution in [0.15, 0.2) is 51.2 Å². The van der Waals surface area contributed by atoms with Gasteiger partial charge in [-0.2, -0.15) is 0 Å². The van der Waals surface area contributed by atoms with Crippen molar-refractivity contribution in [3.05, 3.63) is 79.1 Å². The highest BCUT2D eigenvalue weighted by Crippen LogP contribution is 2.31. The number of benzene rings is 2. The first-order valence-corrected chi connectivity index (χ1v) is 10.7. The topological polar surface area (TPSA) is 52.3 Å². The predicted molar refractivity (Wildman–Crippen MR) is 119 cm³/mol. The Bertz CT molecular complexity index is 1240. The van der Waals surface area contributed by atoms with E-state index < -0.39 is 0 Å². The molecular formula is C22H17Cl2NO3S. The van der Waals surface area contributed by atoms with Crippen LogP contribution in [-0.2, 0) is 13.0 Å². The number of thiazole rings is 1. The number of hydrogen-bond donors (Lipinski definition) is 0. The second kappa shape index (κ2) is 8.19. The van der Waals surface area contributed by atoms with Gasteiger partial charge in [0.2, 0.25) is 5.43 Å². The average Bonchev–Trinajstić information content (AvgIpc) is 3.13. The summed E-state index contributed by atoms with van der Waals surface area (Å²) >= 11 is 13.9. The molecule has 0 radical (unpaired) electrons. The Morgan fingerprint density at radius 2 is 1.97 bits per heavy atom. The molecule has 4 rings (SSSR count). The fourth-order valence-corrected chi connectivity index (χ4v) is 4.36. The van der Waals surface area contributed by atoms with Gasteiger partial charge in [0.05, 0.1) is 10.9 Å². The smallest absolute Gasteiger partial charge is 0.202 e. The largest absolute Gasteiger partial charge is 0.488 e. The normalized spacial score (nSPS) is 11.2. The maximum atomic E-state index is 13.0. The average molecular weight is 446 g/mol. The van der Waals surface area contributed by atoms with Crippen LogP contribution in [0.3, 0.4) is 0 Å². The van der Waals surface area contributed by atoms with Crippen LogP contribution in [0.25, 0.3) is 21.5 Å². The van der Waals surface area contributed by atoms with Crippen molar-refractivity contribution in [2.45, 2.75) is 26.9 Å². The molecule has 0 fully saturated rings. The second-order valence-corrected chi connectivity index (χ2v) is 8.24. The summed E-state index contributed by atoms with van der Waals surface area (Å²) in [6, 6.07) is 8.91. The highest BCUT2D eigenvalue weighted by molar-refractivity contribution is 7.13. The van der Waals surface area contributed by atoms with Crippen molar-refractivity contribution < 1.29 is 9.15 Å². The lowest BCUT2D eigenvalue weighted by Crippen LogP contribution is -2.06. The number of hydrogen-bond acceptors (Lipinski definition) is 5. The molecule has 0 unspecified atom stereocenters. The lowest BCUT2D eigenvalue weighted by Gasteiger charge is -2.13. The number of ether oxygens (including phenoxy) is 1. The molecule has 0 atom stereocenters. The molecule has 4 aromatic rings. The zero-order chi connectivity index (χ0) is 20.5. The molecule has 0 amide bonds. The summed E-state index contributed by atoms with van der Waals surface area (Å²) in [6.07, 6.45) is 2.16. The summed E-state index contributed by atoms with van der Waals surface area (Å²) in [7, 11) is 0. The Kier molecular flexibility index (Phi) is 5.63. The molecule has 0 saturated carbocycles. The van der Waals surface area contributed by atoms with Crippen molar-refractivity contribution in [3.8, 4) is 16.3 Å². The molecule has 0 saturated heterocycles. The summed E-state index contributed by atoms with van der Waals surface area (Å²) < 4.78 is 11.8. The van der Waals surface area contributed by atoms with E-state index in [-0.39, 0.29) is 12.0 Å². The van der Waals surface area contributed by atoms with Gasteiger partial charge in [-0.25, -0.2) is 4.98 Å². The van der Waals surface area contributed by atoms with Gasteiger partial charge in [0.1, 0.15) is 29.2 Å². The van der Waals surface area contributed by atoms with Gasteiger partial charge in [-0.05, 0) is 37.1 Å². The number of nitrogens with zero attached hydrogens (tertiary/aromatic N) is 1. The van der Waals surface area contributed by atoms with Gasteiger partial charge in [-0.3, -0.25) is 4.79 Å².